The van der Waals surface area contributed by atoms with Gasteiger partial charge in [0.1, 0.15) is 5.01 Å². The van der Waals surface area contributed by atoms with Gasteiger partial charge in [0.05, 0.1) is 11.2 Å². The molecule has 1 aromatic rings. The number of nitrogens with zero attached hydrogens (tertiary/aromatic N) is 1. The Morgan fingerprint density at radius 2 is 2.10 bits per heavy atom. The van der Waals surface area contributed by atoms with Crippen molar-refractivity contribution in [1.82, 2.24) is 10.3 Å². The number of aryl methyl sites for hydroxylation is 2. The van der Waals surface area contributed by atoms with Gasteiger partial charge in [-0.1, -0.05) is 27.7 Å². The van der Waals surface area contributed by atoms with Gasteiger partial charge in [-0.15, -0.1) is 11.3 Å². The van der Waals surface area contributed by atoms with E-state index in [9.17, 15) is 0 Å². The second kappa shape index (κ2) is 5.10. The number of rotatable bonds is 3. The SMILES string of the molecule is CCNC1(c2nc3c(s2)CCC3)CC(C)CC(C)(C)C1. The summed E-state index contributed by atoms with van der Waals surface area (Å²) >= 11 is 2.00. The van der Waals surface area contributed by atoms with E-state index in [1.165, 1.54) is 49.2 Å². The molecule has 0 bridgehead atoms. The number of thiazole rings is 1. The summed E-state index contributed by atoms with van der Waals surface area (Å²) in [5.74, 6) is 0.775. The second-order valence-electron chi connectivity index (χ2n) is 7.71. The maximum atomic E-state index is 5.06. The van der Waals surface area contributed by atoms with Crippen molar-refractivity contribution in [2.75, 3.05) is 6.54 Å². The fraction of sp³-hybridized carbons (Fsp3) is 0.824. The molecule has 0 saturated heterocycles. The smallest absolute Gasteiger partial charge is 0.113 e. The Kier molecular flexibility index (Phi) is 3.70. The molecule has 3 rings (SSSR count). The average Bonchev–Trinajstić information content (AvgIpc) is 2.85. The molecule has 1 fully saturated rings. The van der Waals surface area contributed by atoms with Gasteiger partial charge in [0.25, 0.3) is 0 Å². The van der Waals surface area contributed by atoms with E-state index in [1.807, 2.05) is 11.3 Å². The van der Waals surface area contributed by atoms with Crippen LogP contribution in [0.1, 0.15) is 69.0 Å². The van der Waals surface area contributed by atoms with Crippen molar-refractivity contribution in [3.63, 3.8) is 0 Å². The Labute approximate surface area is 127 Å². The molecule has 2 nitrogen and oxygen atoms in total. The number of aromatic nitrogens is 1. The summed E-state index contributed by atoms with van der Waals surface area (Å²) in [6, 6.07) is 0. The Morgan fingerprint density at radius 3 is 2.75 bits per heavy atom. The topological polar surface area (TPSA) is 24.9 Å². The number of hydrogen-bond donors (Lipinski definition) is 1. The highest BCUT2D eigenvalue weighted by molar-refractivity contribution is 7.12. The van der Waals surface area contributed by atoms with Crippen molar-refractivity contribution in [3.8, 4) is 0 Å². The van der Waals surface area contributed by atoms with Crippen molar-refractivity contribution in [2.24, 2.45) is 11.3 Å². The summed E-state index contributed by atoms with van der Waals surface area (Å²) in [6.45, 7) is 10.5. The van der Waals surface area contributed by atoms with Crippen LogP contribution >= 0.6 is 11.3 Å². The van der Waals surface area contributed by atoms with Crippen molar-refractivity contribution < 1.29 is 0 Å². The van der Waals surface area contributed by atoms with Gasteiger partial charge in [-0.25, -0.2) is 4.98 Å². The van der Waals surface area contributed by atoms with E-state index >= 15 is 0 Å². The molecule has 2 aliphatic rings. The van der Waals surface area contributed by atoms with E-state index in [-0.39, 0.29) is 5.54 Å². The van der Waals surface area contributed by atoms with Crippen LogP contribution in [0.15, 0.2) is 0 Å². The van der Waals surface area contributed by atoms with Crippen LogP contribution in [-0.4, -0.2) is 11.5 Å². The van der Waals surface area contributed by atoms with Crippen molar-refractivity contribution in [1.29, 1.82) is 0 Å². The minimum atomic E-state index is 0.130. The number of nitrogens with one attached hydrogen (secondary N) is 1. The Bertz CT molecular complexity index is 470. The third kappa shape index (κ3) is 2.55. The molecule has 1 aromatic heterocycles. The first-order valence-electron chi connectivity index (χ1n) is 8.18. The van der Waals surface area contributed by atoms with Gasteiger partial charge in [0.15, 0.2) is 0 Å². The largest absolute Gasteiger partial charge is 0.306 e. The minimum absolute atomic E-state index is 0.130. The van der Waals surface area contributed by atoms with Gasteiger partial charge in [-0.05, 0) is 56.4 Å². The lowest BCUT2D eigenvalue weighted by molar-refractivity contribution is 0.0806. The van der Waals surface area contributed by atoms with Gasteiger partial charge in [-0.3, -0.25) is 0 Å². The fourth-order valence-electron chi connectivity index (χ4n) is 4.68. The van der Waals surface area contributed by atoms with E-state index in [4.69, 9.17) is 4.98 Å². The highest BCUT2D eigenvalue weighted by Gasteiger charge is 2.45. The molecule has 2 atom stereocenters. The van der Waals surface area contributed by atoms with Crippen LogP contribution in [0.4, 0.5) is 0 Å². The van der Waals surface area contributed by atoms with E-state index < -0.39 is 0 Å². The molecule has 2 aliphatic carbocycles. The lowest BCUT2D eigenvalue weighted by Crippen LogP contribution is -2.50. The van der Waals surface area contributed by atoms with Crippen molar-refractivity contribution >= 4 is 11.3 Å². The standard InChI is InChI=1S/C17H28N2S/c1-5-18-17(10-12(2)9-16(3,4)11-17)15-19-13-7-6-8-14(13)20-15/h12,18H,5-11H2,1-4H3. The average molecular weight is 292 g/mol. The molecule has 0 radical (unpaired) electrons. The molecule has 0 spiro atoms. The molecule has 2 unspecified atom stereocenters. The summed E-state index contributed by atoms with van der Waals surface area (Å²) in [7, 11) is 0. The first kappa shape index (κ1) is 14.5. The zero-order valence-electron chi connectivity index (χ0n) is 13.4. The van der Waals surface area contributed by atoms with Gasteiger partial charge in [-0.2, -0.15) is 0 Å². The van der Waals surface area contributed by atoms with Gasteiger partial charge in [0, 0.05) is 4.88 Å². The summed E-state index contributed by atoms with van der Waals surface area (Å²) < 4.78 is 0. The Balaban J connectivity index is 1.97. The van der Waals surface area contributed by atoms with Crippen molar-refractivity contribution in [3.05, 3.63) is 15.6 Å². The molecule has 0 aromatic carbocycles. The molecular weight excluding hydrogens is 264 g/mol. The maximum absolute atomic E-state index is 5.06. The lowest BCUT2D eigenvalue weighted by Gasteiger charge is -2.47. The van der Waals surface area contributed by atoms with Gasteiger partial charge in [0.2, 0.25) is 0 Å². The highest BCUT2D eigenvalue weighted by Crippen LogP contribution is 2.50. The predicted molar refractivity (Wildman–Crippen MR) is 86.3 cm³/mol. The Hall–Kier alpha value is -0.410. The molecule has 112 valence electrons. The van der Waals surface area contributed by atoms with E-state index in [1.54, 1.807) is 4.88 Å². The Morgan fingerprint density at radius 1 is 1.30 bits per heavy atom. The van der Waals surface area contributed by atoms with Crippen molar-refractivity contribution in [2.45, 2.75) is 71.8 Å². The molecule has 0 amide bonds. The fourth-order valence-corrected chi connectivity index (χ4v) is 6.00. The number of fused-ring (bicyclic) bond motifs is 1. The normalized spacial score (nSPS) is 32.3. The van der Waals surface area contributed by atoms with Crippen LogP contribution in [0.3, 0.4) is 0 Å². The molecular formula is C17H28N2S. The van der Waals surface area contributed by atoms with Crippen LogP contribution < -0.4 is 5.32 Å². The van der Waals surface area contributed by atoms with Crippen LogP contribution in [0.25, 0.3) is 0 Å². The maximum Gasteiger partial charge on any atom is 0.113 e. The number of hydrogen-bond acceptors (Lipinski definition) is 3. The molecule has 1 heterocycles. The molecule has 0 aliphatic heterocycles. The zero-order valence-corrected chi connectivity index (χ0v) is 14.2. The molecule has 1 saturated carbocycles. The highest BCUT2D eigenvalue weighted by atomic mass is 32.1. The predicted octanol–water partition coefficient (Wildman–Crippen LogP) is 4.28. The van der Waals surface area contributed by atoms with Crippen LogP contribution in [0.5, 0.6) is 0 Å². The van der Waals surface area contributed by atoms with E-state index in [2.05, 4.69) is 33.0 Å². The van der Waals surface area contributed by atoms with Gasteiger partial charge >= 0.3 is 0 Å². The van der Waals surface area contributed by atoms with Crippen LogP contribution in [0.2, 0.25) is 0 Å². The first-order valence-corrected chi connectivity index (χ1v) is 9.00. The summed E-state index contributed by atoms with van der Waals surface area (Å²) in [5.41, 5.74) is 1.94. The lowest BCUT2D eigenvalue weighted by atomic mass is 9.64. The molecule has 1 N–H and O–H groups in total. The quantitative estimate of drug-likeness (QED) is 0.899. The van der Waals surface area contributed by atoms with E-state index in [0.29, 0.717) is 5.41 Å². The summed E-state index contributed by atoms with van der Waals surface area (Å²) in [5, 5.41) is 5.22. The minimum Gasteiger partial charge on any atom is -0.306 e. The third-order valence-electron chi connectivity index (χ3n) is 4.90. The molecule has 20 heavy (non-hydrogen) atoms. The van der Waals surface area contributed by atoms with E-state index in [0.717, 1.165) is 12.5 Å². The van der Waals surface area contributed by atoms with Crippen LogP contribution in [0, 0.1) is 11.3 Å². The van der Waals surface area contributed by atoms with Crippen LogP contribution in [-0.2, 0) is 18.4 Å². The second-order valence-corrected chi connectivity index (χ2v) is 8.79. The molecule has 3 heteroatoms. The zero-order chi connectivity index (χ0) is 14.4. The summed E-state index contributed by atoms with van der Waals surface area (Å²) in [6.07, 6.45) is 7.58. The first-order chi connectivity index (χ1) is 9.44. The monoisotopic (exact) mass is 292 g/mol. The summed E-state index contributed by atoms with van der Waals surface area (Å²) in [4.78, 5) is 6.62. The van der Waals surface area contributed by atoms with Gasteiger partial charge < -0.3 is 5.32 Å². The third-order valence-corrected chi connectivity index (χ3v) is 6.26.